The van der Waals surface area contributed by atoms with E-state index in [1.165, 1.54) is 4.31 Å². The highest BCUT2D eigenvalue weighted by Crippen LogP contribution is 2.26. The fourth-order valence-corrected chi connectivity index (χ4v) is 4.24. The highest BCUT2D eigenvalue weighted by molar-refractivity contribution is 14.1. The van der Waals surface area contributed by atoms with Gasteiger partial charge in [0.25, 0.3) is 0 Å². The first-order chi connectivity index (χ1) is 8.88. The maximum atomic E-state index is 12.3. The molecule has 0 spiro atoms. The van der Waals surface area contributed by atoms with Crippen LogP contribution in [0.25, 0.3) is 0 Å². The number of halogens is 2. The second-order valence-corrected chi connectivity index (χ2v) is 8.14. The van der Waals surface area contributed by atoms with Gasteiger partial charge in [-0.3, -0.25) is 4.72 Å². The van der Waals surface area contributed by atoms with Crippen LogP contribution in [0.1, 0.15) is 19.8 Å². The number of anilines is 1. The van der Waals surface area contributed by atoms with Gasteiger partial charge in [-0.2, -0.15) is 12.7 Å². The SMILES string of the molecule is CC1CCN(S(=O)(=O)Nc2ccc(I)cc2Cl)CC1. The van der Waals surface area contributed by atoms with Gasteiger partial charge in [0.05, 0.1) is 10.7 Å². The molecule has 0 amide bonds. The van der Waals surface area contributed by atoms with E-state index in [2.05, 4.69) is 34.2 Å². The Hall–Kier alpha value is -0.0500. The molecule has 0 aliphatic carbocycles. The molecule has 1 N–H and O–H groups in total. The zero-order valence-electron chi connectivity index (χ0n) is 10.6. The first kappa shape index (κ1) is 15.3. The Labute approximate surface area is 132 Å². The number of benzene rings is 1. The molecule has 7 heteroatoms. The van der Waals surface area contributed by atoms with Crippen LogP contribution in [0, 0.1) is 9.49 Å². The van der Waals surface area contributed by atoms with E-state index in [1.807, 2.05) is 6.07 Å². The summed E-state index contributed by atoms with van der Waals surface area (Å²) in [6, 6.07) is 5.25. The van der Waals surface area contributed by atoms with Crippen LogP contribution >= 0.6 is 34.2 Å². The Morgan fingerprint density at radius 3 is 2.58 bits per heavy atom. The van der Waals surface area contributed by atoms with Crippen molar-refractivity contribution in [2.45, 2.75) is 19.8 Å². The molecule has 1 aromatic rings. The van der Waals surface area contributed by atoms with E-state index >= 15 is 0 Å². The molecule has 1 aromatic carbocycles. The van der Waals surface area contributed by atoms with Crippen molar-refractivity contribution in [3.63, 3.8) is 0 Å². The van der Waals surface area contributed by atoms with Crippen LogP contribution in [-0.2, 0) is 10.2 Å². The van der Waals surface area contributed by atoms with Gasteiger partial charge in [0.15, 0.2) is 0 Å². The van der Waals surface area contributed by atoms with E-state index < -0.39 is 10.2 Å². The van der Waals surface area contributed by atoms with Crippen molar-refractivity contribution >= 4 is 50.1 Å². The van der Waals surface area contributed by atoms with Gasteiger partial charge >= 0.3 is 10.2 Å². The summed E-state index contributed by atoms with van der Waals surface area (Å²) in [5.41, 5.74) is 0.431. The Morgan fingerprint density at radius 1 is 1.37 bits per heavy atom. The van der Waals surface area contributed by atoms with Crippen molar-refractivity contribution in [1.82, 2.24) is 4.31 Å². The van der Waals surface area contributed by atoms with Crippen LogP contribution in [0.15, 0.2) is 18.2 Å². The van der Waals surface area contributed by atoms with Gasteiger partial charge in [-0.25, -0.2) is 0 Å². The Morgan fingerprint density at radius 2 is 2.00 bits per heavy atom. The molecule has 0 radical (unpaired) electrons. The lowest BCUT2D eigenvalue weighted by molar-refractivity contribution is 0.289. The topological polar surface area (TPSA) is 49.4 Å². The molecule has 1 aliphatic rings. The van der Waals surface area contributed by atoms with E-state index in [9.17, 15) is 8.42 Å². The van der Waals surface area contributed by atoms with E-state index in [-0.39, 0.29) is 0 Å². The predicted molar refractivity (Wildman–Crippen MR) is 86.7 cm³/mol. The highest BCUT2D eigenvalue weighted by Gasteiger charge is 2.26. The van der Waals surface area contributed by atoms with Crippen LogP contribution < -0.4 is 4.72 Å². The van der Waals surface area contributed by atoms with Gasteiger partial charge < -0.3 is 0 Å². The minimum Gasteiger partial charge on any atom is -0.269 e. The molecule has 1 aliphatic heterocycles. The first-order valence-electron chi connectivity index (χ1n) is 6.11. The second kappa shape index (κ2) is 6.15. The van der Waals surface area contributed by atoms with E-state index in [4.69, 9.17) is 11.6 Å². The smallest absolute Gasteiger partial charge is 0.269 e. The quantitative estimate of drug-likeness (QED) is 0.771. The largest absolute Gasteiger partial charge is 0.301 e. The molecule has 0 atom stereocenters. The molecule has 4 nitrogen and oxygen atoms in total. The average Bonchev–Trinajstić information content (AvgIpc) is 2.33. The first-order valence-corrected chi connectivity index (χ1v) is 9.01. The van der Waals surface area contributed by atoms with Crippen LogP contribution in [-0.4, -0.2) is 25.8 Å². The monoisotopic (exact) mass is 414 g/mol. The maximum Gasteiger partial charge on any atom is 0.301 e. The molecule has 0 aromatic heterocycles. The maximum absolute atomic E-state index is 12.3. The van der Waals surface area contributed by atoms with Crippen LogP contribution in [0.2, 0.25) is 5.02 Å². The number of nitrogens with one attached hydrogen (secondary N) is 1. The minimum absolute atomic E-state index is 0.417. The fraction of sp³-hybridized carbons (Fsp3) is 0.500. The fourth-order valence-electron chi connectivity index (χ4n) is 2.00. The van der Waals surface area contributed by atoms with Crippen LogP contribution in [0.3, 0.4) is 0 Å². The average molecular weight is 415 g/mol. The zero-order valence-corrected chi connectivity index (χ0v) is 14.3. The van der Waals surface area contributed by atoms with E-state index in [0.29, 0.717) is 29.7 Å². The summed E-state index contributed by atoms with van der Waals surface area (Å²) in [5.74, 6) is 0.591. The van der Waals surface area contributed by atoms with Gasteiger partial charge in [0, 0.05) is 16.7 Å². The molecule has 0 unspecified atom stereocenters. The Kier molecular flexibility index (Phi) is 4.97. The van der Waals surface area contributed by atoms with Crippen molar-refractivity contribution < 1.29 is 8.42 Å². The highest BCUT2D eigenvalue weighted by atomic mass is 127. The van der Waals surface area contributed by atoms with E-state index in [0.717, 1.165) is 16.4 Å². The molecule has 19 heavy (non-hydrogen) atoms. The van der Waals surface area contributed by atoms with Crippen molar-refractivity contribution in [1.29, 1.82) is 0 Å². The zero-order chi connectivity index (χ0) is 14.0. The summed E-state index contributed by atoms with van der Waals surface area (Å²) in [7, 11) is -3.50. The third kappa shape index (κ3) is 3.96. The summed E-state index contributed by atoms with van der Waals surface area (Å²) in [6.07, 6.45) is 1.81. The molecule has 1 saturated heterocycles. The van der Waals surface area contributed by atoms with Gasteiger partial charge in [-0.1, -0.05) is 18.5 Å². The number of hydrogen-bond acceptors (Lipinski definition) is 2. The summed E-state index contributed by atoms with van der Waals surface area (Å²) < 4.78 is 29.5. The molecule has 1 heterocycles. The van der Waals surface area contributed by atoms with Crippen molar-refractivity contribution in [2.75, 3.05) is 17.8 Å². The lowest BCUT2D eigenvalue weighted by Crippen LogP contribution is -2.41. The number of piperidine rings is 1. The number of hydrogen-bond donors (Lipinski definition) is 1. The molecular formula is C12H16ClIN2O2S. The molecule has 2 rings (SSSR count). The lowest BCUT2D eigenvalue weighted by atomic mass is 10.0. The lowest BCUT2D eigenvalue weighted by Gasteiger charge is -2.29. The van der Waals surface area contributed by atoms with Crippen LogP contribution in [0.4, 0.5) is 5.69 Å². The van der Waals surface area contributed by atoms with Gasteiger partial charge in [-0.05, 0) is 59.5 Å². The number of rotatable bonds is 3. The Bertz CT molecular complexity index is 557. The summed E-state index contributed by atoms with van der Waals surface area (Å²) >= 11 is 8.18. The van der Waals surface area contributed by atoms with Crippen molar-refractivity contribution in [3.05, 3.63) is 26.8 Å². The van der Waals surface area contributed by atoms with Gasteiger partial charge in [0.2, 0.25) is 0 Å². The third-order valence-corrected chi connectivity index (χ3v) is 5.76. The summed E-state index contributed by atoms with van der Waals surface area (Å²) in [4.78, 5) is 0. The Balaban J connectivity index is 2.12. The summed E-state index contributed by atoms with van der Waals surface area (Å²) in [5, 5.41) is 0.417. The summed E-state index contributed by atoms with van der Waals surface area (Å²) in [6.45, 7) is 3.28. The predicted octanol–water partition coefficient (Wildman–Crippen LogP) is 3.33. The molecule has 0 bridgehead atoms. The van der Waals surface area contributed by atoms with Gasteiger partial charge in [0.1, 0.15) is 0 Å². The van der Waals surface area contributed by atoms with Gasteiger partial charge in [-0.15, -0.1) is 0 Å². The molecule has 106 valence electrons. The molecular weight excluding hydrogens is 399 g/mol. The van der Waals surface area contributed by atoms with E-state index in [1.54, 1.807) is 12.1 Å². The standard InChI is InChI=1S/C12H16ClIN2O2S/c1-9-4-6-16(7-5-9)19(17,18)15-12-3-2-10(14)8-11(12)13/h2-3,8-9,15H,4-7H2,1H3. The second-order valence-electron chi connectivity index (χ2n) is 4.81. The molecule has 1 fully saturated rings. The third-order valence-electron chi connectivity index (χ3n) is 3.25. The normalized spacial score (nSPS) is 18.5. The molecule has 0 saturated carbocycles. The van der Waals surface area contributed by atoms with Crippen molar-refractivity contribution in [3.8, 4) is 0 Å². The number of nitrogens with zero attached hydrogens (tertiary/aromatic N) is 1. The van der Waals surface area contributed by atoms with Crippen molar-refractivity contribution in [2.24, 2.45) is 5.92 Å². The minimum atomic E-state index is -3.50. The van der Waals surface area contributed by atoms with Crippen LogP contribution in [0.5, 0.6) is 0 Å².